The molecule has 0 saturated carbocycles. The number of hydrogen-bond acceptors (Lipinski definition) is 3. The first-order valence-corrected chi connectivity index (χ1v) is 7.43. The van der Waals surface area contributed by atoms with Gasteiger partial charge in [-0.05, 0) is 17.7 Å². The lowest BCUT2D eigenvalue weighted by molar-refractivity contribution is 0.198. The average molecular weight is 272 g/mol. The molecule has 1 heterocycles. The van der Waals surface area contributed by atoms with Crippen molar-refractivity contribution in [1.82, 2.24) is 0 Å². The maximum atomic E-state index is 10.3. The van der Waals surface area contributed by atoms with Crippen molar-refractivity contribution in [3.8, 4) is 5.75 Å². The van der Waals surface area contributed by atoms with Crippen molar-refractivity contribution in [2.24, 2.45) is 0 Å². The first-order valence-electron chi connectivity index (χ1n) is 6.45. The van der Waals surface area contributed by atoms with E-state index >= 15 is 0 Å². The number of hydrogen-bond donors (Lipinski definition) is 1. The normalized spacial score (nSPS) is 14.8. The van der Waals surface area contributed by atoms with Crippen molar-refractivity contribution < 1.29 is 9.84 Å². The fraction of sp³-hybridized carbons (Fsp3) is 0.250. The average Bonchev–Trinajstić information content (AvgIpc) is 2.94. The Morgan fingerprint density at radius 3 is 2.79 bits per heavy atom. The van der Waals surface area contributed by atoms with Crippen LogP contribution in [0.4, 0.5) is 0 Å². The minimum absolute atomic E-state index is 0.488. The van der Waals surface area contributed by atoms with Crippen molar-refractivity contribution >= 4 is 11.8 Å². The minimum Gasteiger partial charge on any atom is -0.493 e. The molecule has 19 heavy (non-hydrogen) atoms. The predicted molar refractivity (Wildman–Crippen MR) is 77.8 cm³/mol. The number of thioether (sulfide) groups is 1. The molecule has 1 aliphatic heterocycles. The molecule has 1 N–H and O–H groups in total. The summed E-state index contributed by atoms with van der Waals surface area (Å²) in [5, 5.41) is 10.3. The van der Waals surface area contributed by atoms with Crippen molar-refractivity contribution in [1.29, 1.82) is 0 Å². The smallest absolute Gasteiger partial charge is 0.128 e. The van der Waals surface area contributed by atoms with Crippen LogP contribution in [0.5, 0.6) is 5.75 Å². The van der Waals surface area contributed by atoms with Crippen LogP contribution in [0.1, 0.15) is 17.2 Å². The van der Waals surface area contributed by atoms with E-state index in [-0.39, 0.29) is 0 Å². The molecule has 2 aromatic rings. The molecule has 3 heteroatoms. The maximum Gasteiger partial charge on any atom is 0.128 e. The summed E-state index contributed by atoms with van der Waals surface area (Å²) in [7, 11) is 0. The van der Waals surface area contributed by atoms with E-state index in [1.165, 1.54) is 10.5 Å². The summed E-state index contributed by atoms with van der Waals surface area (Å²) >= 11 is 1.66. The van der Waals surface area contributed by atoms with Crippen LogP contribution in [-0.2, 0) is 6.42 Å². The second-order valence-corrected chi connectivity index (χ2v) is 5.67. The van der Waals surface area contributed by atoms with Crippen LogP contribution in [0.15, 0.2) is 53.4 Å². The highest BCUT2D eigenvalue weighted by Gasteiger charge is 2.20. The van der Waals surface area contributed by atoms with Gasteiger partial charge in [-0.1, -0.05) is 36.4 Å². The predicted octanol–water partition coefficient (Wildman–Crippen LogP) is 3.45. The SMILES string of the molecule is OC(CSc1ccccc1)c1cccc2c1OCC2. The maximum absolute atomic E-state index is 10.3. The molecule has 2 nitrogen and oxygen atoms in total. The number of para-hydroxylation sites is 1. The van der Waals surface area contributed by atoms with Crippen LogP contribution in [0, 0.1) is 0 Å². The van der Waals surface area contributed by atoms with Crippen molar-refractivity contribution in [2.75, 3.05) is 12.4 Å². The number of benzene rings is 2. The Morgan fingerprint density at radius 2 is 1.95 bits per heavy atom. The van der Waals surface area contributed by atoms with Gasteiger partial charge in [0.05, 0.1) is 12.7 Å². The molecule has 98 valence electrons. The Hall–Kier alpha value is -1.45. The quantitative estimate of drug-likeness (QED) is 0.864. The van der Waals surface area contributed by atoms with Gasteiger partial charge in [0.2, 0.25) is 0 Å². The molecule has 0 bridgehead atoms. The third-order valence-electron chi connectivity index (χ3n) is 3.25. The van der Waals surface area contributed by atoms with Gasteiger partial charge >= 0.3 is 0 Å². The second kappa shape index (κ2) is 5.68. The Bertz CT molecular complexity index is 554. The van der Waals surface area contributed by atoms with Gasteiger partial charge in [-0.15, -0.1) is 11.8 Å². The van der Waals surface area contributed by atoms with Crippen LogP contribution in [0.25, 0.3) is 0 Å². The Morgan fingerprint density at radius 1 is 1.11 bits per heavy atom. The number of aliphatic hydroxyl groups excluding tert-OH is 1. The molecule has 0 saturated heterocycles. The highest BCUT2D eigenvalue weighted by Crippen LogP contribution is 2.35. The molecule has 1 aliphatic rings. The summed E-state index contributed by atoms with van der Waals surface area (Å²) in [6.45, 7) is 0.727. The number of aliphatic hydroxyl groups is 1. The van der Waals surface area contributed by atoms with Gasteiger partial charge in [0.25, 0.3) is 0 Å². The van der Waals surface area contributed by atoms with Gasteiger partial charge in [-0.3, -0.25) is 0 Å². The highest BCUT2D eigenvalue weighted by molar-refractivity contribution is 7.99. The largest absolute Gasteiger partial charge is 0.493 e. The van der Waals surface area contributed by atoms with Gasteiger partial charge in [0.1, 0.15) is 5.75 Å². The molecule has 0 radical (unpaired) electrons. The zero-order valence-corrected chi connectivity index (χ0v) is 11.4. The van der Waals surface area contributed by atoms with E-state index in [9.17, 15) is 5.11 Å². The highest BCUT2D eigenvalue weighted by atomic mass is 32.2. The van der Waals surface area contributed by atoms with Gasteiger partial charge in [-0.2, -0.15) is 0 Å². The van der Waals surface area contributed by atoms with E-state index in [0.717, 1.165) is 24.3 Å². The monoisotopic (exact) mass is 272 g/mol. The second-order valence-electron chi connectivity index (χ2n) is 4.57. The third kappa shape index (κ3) is 2.77. The molecule has 0 spiro atoms. The lowest BCUT2D eigenvalue weighted by Crippen LogP contribution is -2.03. The van der Waals surface area contributed by atoms with E-state index in [0.29, 0.717) is 5.75 Å². The number of rotatable bonds is 4. The standard InChI is InChI=1S/C16H16O2S/c17-15(11-19-13-6-2-1-3-7-13)14-8-4-5-12-9-10-18-16(12)14/h1-8,15,17H,9-11H2. The van der Waals surface area contributed by atoms with E-state index in [1.807, 2.05) is 30.3 Å². The summed E-state index contributed by atoms with van der Waals surface area (Å²) in [5.74, 6) is 1.53. The van der Waals surface area contributed by atoms with Gasteiger partial charge in [0, 0.05) is 22.6 Å². The molecule has 1 atom stereocenters. The van der Waals surface area contributed by atoms with Crippen LogP contribution >= 0.6 is 11.8 Å². The van der Waals surface area contributed by atoms with Crippen LogP contribution in [0.3, 0.4) is 0 Å². The molecule has 0 aliphatic carbocycles. The fourth-order valence-corrected chi connectivity index (χ4v) is 3.16. The van der Waals surface area contributed by atoms with Crippen LogP contribution in [0.2, 0.25) is 0 Å². The van der Waals surface area contributed by atoms with Crippen LogP contribution in [-0.4, -0.2) is 17.5 Å². The number of fused-ring (bicyclic) bond motifs is 1. The van der Waals surface area contributed by atoms with Gasteiger partial charge in [-0.25, -0.2) is 0 Å². The molecule has 2 aromatic carbocycles. The van der Waals surface area contributed by atoms with Crippen LogP contribution < -0.4 is 4.74 Å². The zero-order chi connectivity index (χ0) is 13.1. The Balaban J connectivity index is 1.71. The molecule has 0 fully saturated rings. The van der Waals surface area contributed by atoms with Gasteiger partial charge in [0.15, 0.2) is 0 Å². The summed E-state index contributed by atoms with van der Waals surface area (Å²) in [6, 6.07) is 16.2. The fourth-order valence-electron chi connectivity index (χ4n) is 2.28. The molecule has 3 rings (SSSR count). The summed E-state index contributed by atoms with van der Waals surface area (Å²) in [5.41, 5.74) is 2.12. The summed E-state index contributed by atoms with van der Waals surface area (Å²) in [6.07, 6.45) is 0.458. The lowest BCUT2D eigenvalue weighted by atomic mass is 10.0. The molecule has 1 unspecified atom stereocenters. The third-order valence-corrected chi connectivity index (χ3v) is 4.34. The molecule has 0 amide bonds. The van der Waals surface area contributed by atoms with Crippen molar-refractivity contribution in [3.63, 3.8) is 0 Å². The van der Waals surface area contributed by atoms with Crippen molar-refractivity contribution in [3.05, 3.63) is 59.7 Å². The van der Waals surface area contributed by atoms with E-state index in [2.05, 4.69) is 18.2 Å². The zero-order valence-electron chi connectivity index (χ0n) is 10.6. The molecule has 0 aromatic heterocycles. The van der Waals surface area contributed by atoms with Crippen molar-refractivity contribution in [2.45, 2.75) is 17.4 Å². The van der Waals surface area contributed by atoms with E-state index < -0.39 is 6.10 Å². The van der Waals surface area contributed by atoms with E-state index in [1.54, 1.807) is 11.8 Å². The molecular weight excluding hydrogens is 256 g/mol. The number of ether oxygens (including phenoxy) is 1. The first kappa shape index (κ1) is 12.6. The minimum atomic E-state index is -0.488. The molecular formula is C16H16O2S. The summed E-state index contributed by atoms with van der Waals surface area (Å²) in [4.78, 5) is 1.18. The Kier molecular flexibility index (Phi) is 3.76. The van der Waals surface area contributed by atoms with E-state index in [4.69, 9.17) is 4.74 Å². The van der Waals surface area contributed by atoms with Gasteiger partial charge < -0.3 is 9.84 Å². The topological polar surface area (TPSA) is 29.5 Å². The summed E-state index contributed by atoms with van der Waals surface area (Å²) < 4.78 is 5.63. The first-order chi connectivity index (χ1) is 9.34. The Labute approximate surface area is 117 Å². The lowest BCUT2D eigenvalue weighted by Gasteiger charge is -2.14.